The number of hydrogen-bond acceptors (Lipinski definition) is 3. The molecule has 0 aromatic heterocycles. The highest BCUT2D eigenvalue weighted by Crippen LogP contribution is 2.34. The molecule has 0 saturated carbocycles. The molecule has 1 aliphatic rings. The fraction of sp³-hybridized carbons (Fsp3) is 0.571. The number of nitrogens with two attached hydrogens (primary N) is 1. The first-order chi connectivity index (χ1) is 8.54. The molecule has 3 atom stereocenters. The Balaban J connectivity index is 2.28. The van der Waals surface area contributed by atoms with Crippen molar-refractivity contribution in [1.29, 1.82) is 0 Å². The maximum Gasteiger partial charge on any atom is 0.119 e. The Labute approximate surface area is 111 Å². The van der Waals surface area contributed by atoms with Crippen LogP contribution in [0.3, 0.4) is 0 Å². The Hall–Kier alpha value is -0.870. The van der Waals surface area contributed by atoms with Crippen molar-refractivity contribution in [2.24, 2.45) is 5.73 Å². The summed E-state index contributed by atoms with van der Waals surface area (Å²) < 4.78 is 17.5. The Bertz CT molecular complexity index is 459. The van der Waals surface area contributed by atoms with Crippen LogP contribution >= 0.6 is 0 Å². The van der Waals surface area contributed by atoms with E-state index >= 15 is 0 Å². The minimum atomic E-state index is -0.859. The average molecular weight is 267 g/mol. The number of hydrogen-bond donors (Lipinski definition) is 1. The fourth-order valence-electron chi connectivity index (χ4n) is 2.54. The van der Waals surface area contributed by atoms with Gasteiger partial charge in [0.15, 0.2) is 0 Å². The number of methoxy groups -OCH3 is 1. The molecule has 0 bridgehead atoms. The molecule has 0 radical (unpaired) electrons. The monoisotopic (exact) mass is 267 g/mol. The minimum Gasteiger partial charge on any atom is -0.497 e. The molecule has 1 aromatic carbocycles. The summed E-state index contributed by atoms with van der Waals surface area (Å²) in [7, 11) is 0.809. The van der Waals surface area contributed by atoms with Gasteiger partial charge in [-0.1, -0.05) is 19.9 Å². The van der Waals surface area contributed by atoms with Gasteiger partial charge in [-0.25, -0.2) is 0 Å². The summed E-state index contributed by atoms with van der Waals surface area (Å²) in [6.45, 7) is 3.98. The second-order valence-corrected chi connectivity index (χ2v) is 7.25. The number of aryl methyl sites for hydroxylation is 1. The molecule has 0 spiro atoms. The molecule has 4 heteroatoms. The van der Waals surface area contributed by atoms with Gasteiger partial charge in [0, 0.05) is 22.1 Å². The van der Waals surface area contributed by atoms with Gasteiger partial charge < -0.3 is 10.5 Å². The standard InChI is InChI=1S/C14H21NO2S/c1-9(2)18(16)13-7-4-10-8-11(17-3)5-6-12(10)14(13)15/h5-6,8-9,13-14H,4,7,15H2,1-3H3. The van der Waals surface area contributed by atoms with Gasteiger partial charge in [-0.3, -0.25) is 4.21 Å². The minimum absolute atomic E-state index is 0.0749. The van der Waals surface area contributed by atoms with E-state index in [2.05, 4.69) is 0 Å². The summed E-state index contributed by atoms with van der Waals surface area (Å²) in [6.07, 6.45) is 1.83. The van der Waals surface area contributed by atoms with E-state index in [9.17, 15) is 4.21 Å². The van der Waals surface area contributed by atoms with Crippen LogP contribution in [0.5, 0.6) is 5.75 Å². The van der Waals surface area contributed by atoms with Crippen molar-refractivity contribution >= 4 is 10.8 Å². The quantitative estimate of drug-likeness (QED) is 0.913. The summed E-state index contributed by atoms with van der Waals surface area (Å²) in [5.41, 5.74) is 8.65. The molecule has 2 N–H and O–H groups in total. The Morgan fingerprint density at radius 1 is 1.44 bits per heavy atom. The smallest absolute Gasteiger partial charge is 0.119 e. The number of rotatable bonds is 3. The second kappa shape index (κ2) is 5.41. The van der Waals surface area contributed by atoms with Crippen LogP contribution in [0.1, 0.15) is 37.4 Å². The van der Waals surface area contributed by atoms with Gasteiger partial charge in [0.2, 0.25) is 0 Å². The van der Waals surface area contributed by atoms with Crippen LogP contribution in [0.2, 0.25) is 0 Å². The summed E-state index contributed by atoms with van der Waals surface area (Å²) in [5, 5.41) is 0.242. The van der Waals surface area contributed by atoms with Gasteiger partial charge in [-0.15, -0.1) is 0 Å². The first-order valence-corrected chi connectivity index (χ1v) is 7.64. The van der Waals surface area contributed by atoms with E-state index in [0.717, 1.165) is 24.2 Å². The molecule has 0 saturated heterocycles. The van der Waals surface area contributed by atoms with Crippen molar-refractivity contribution in [2.75, 3.05) is 7.11 Å². The maximum absolute atomic E-state index is 12.2. The maximum atomic E-state index is 12.2. The lowest BCUT2D eigenvalue weighted by molar-refractivity contribution is 0.413. The normalized spacial score (nSPS) is 24.7. The van der Waals surface area contributed by atoms with Gasteiger partial charge in [-0.2, -0.15) is 0 Å². The van der Waals surface area contributed by atoms with E-state index in [-0.39, 0.29) is 16.5 Å². The molecule has 0 heterocycles. The van der Waals surface area contributed by atoms with Gasteiger partial charge >= 0.3 is 0 Å². The predicted molar refractivity (Wildman–Crippen MR) is 75.3 cm³/mol. The van der Waals surface area contributed by atoms with Crippen molar-refractivity contribution in [3.63, 3.8) is 0 Å². The molecule has 3 nitrogen and oxygen atoms in total. The van der Waals surface area contributed by atoms with Crippen LogP contribution in [0, 0.1) is 0 Å². The van der Waals surface area contributed by atoms with Crippen LogP contribution in [0.4, 0.5) is 0 Å². The van der Waals surface area contributed by atoms with Crippen molar-refractivity contribution in [3.8, 4) is 5.75 Å². The van der Waals surface area contributed by atoms with Crippen LogP contribution in [-0.2, 0) is 17.2 Å². The lowest BCUT2D eigenvalue weighted by Crippen LogP contribution is -2.37. The Kier molecular flexibility index (Phi) is 4.07. The summed E-state index contributed by atoms with van der Waals surface area (Å²) in [6, 6.07) is 5.87. The highest BCUT2D eigenvalue weighted by Gasteiger charge is 2.32. The molecular weight excluding hydrogens is 246 g/mol. The van der Waals surface area contributed by atoms with Gasteiger partial charge in [-0.05, 0) is 36.1 Å². The largest absolute Gasteiger partial charge is 0.497 e. The topological polar surface area (TPSA) is 52.3 Å². The second-order valence-electron chi connectivity index (χ2n) is 5.04. The van der Waals surface area contributed by atoms with Crippen molar-refractivity contribution in [2.45, 2.75) is 43.2 Å². The lowest BCUT2D eigenvalue weighted by Gasteiger charge is -2.31. The zero-order valence-electron chi connectivity index (χ0n) is 11.2. The molecule has 2 rings (SSSR count). The summed E-state index contributed by atoms with van der Waals surface area (Å²) in [5.74, 6) is 0.865. The highest BCUT2D eigenvalue weighted by atomic mass is 32.2. The SMILES string of the molecule is COc1ccc2c(c1)CCC(S(=O)C(C)C)C2N. The average Bonchev–Trinajstić information content (AvgIpc) is 2.37. The van der Waals surface area contributed by atoms with E-state index < -0.39 is 10.8 Å². The zero-order chi connectivity index (χ0) is 13.3. The third kappa shape index (κ3) is 2.45. The molecule has 0 fully saturated rings. The fourth-order valence-corrected chi connectivity index (χ4v) is 4.02. The Morgan fingerprint density at radius 3 is 2.78 bits per heavy atom. The molecule has 100 valence electrons. The van der Waals surface area contributed by atoms with E-state index in [1.54, 1.807) is 7.11 Å². The van der Waals surface area contributed by atoms with Gasteiger partial charge in [0.05, 0.1) is 12.4 Å². The van der Waals surface area contributed by atoms with Crippen molar-refractivity contribution in [1.82, 2.24) is 0 Å². The Morgan fingerprint density at radius 2 is 2.17 bits per heavy atom. The van der Waals surface area contributed by atoms with E-state index in [1.807, 2.05) is 32.0 Å². The predicted octanol–water partition coefficient (Wildman–Crippen LogP) is 2.17. The van der Waals surface area contributed by atoms with Crippen LogP contribution in [0.15, 0.2) is 18.2 Å². The molecular formula is C14H21NO2S. The van der Waals surface area contributed by atoms with E-state index in [1.165, 1.54) is 5.56 Å². The molecule has 18 heavy (non-hydrogen) atoms. The lowest BCUT2D eigenvalue weighted by atomic mass is 9.87. The zero-order valence-corrected chi connectivity index (χ0v) is 12.0. The molecule has 1 aliphatic carbocycles. The molecule has 0 amide bonds. The number of ether oxygens (including phenoxy) is 1. The van der Waals surface area contributed by atoms with Gasteiger partial charge in [0.25, 0.3) is 0 Å². The first-order valence-electron chi connectivity index (χ1n) is 6.36. The summed E-state index contributed by atoms with van der Waals surface area (Å²) >= 11 is 0. The van der Waals surface area contributed by atoms with Gasteiger partial charge in [0.1, 0.15) is 5.75 Å². The number of benzene rings is 1. The third-order valence-corrected chi connectivity index (χ3v) is 5.63. The highest BCUT2D eigenvalue weighted by molar-refractivity contribution is 7.86. The summed E-state index contributed by atoms with van der Waals surface area (Å²) in [4.78, 5) is 0. The third-order valence-electron chi connectivity index (χ3n) is 3.57. The van der Waals surface area contributed by atoms with Crippen LogP contribution in [0.25, 0.3) is 0 Å². The van der Waals surface area contributed by atoms with E-state index in [0.29, 0.717) is 0 Å². The van der Waals surface area contributed by atoms with E-state index in [4.69, 9.17) is 10.5 Å². The van der Waals surface area contributed by atoms with Crippen LogP contribution < -0.4 is 10.5 Å². The van der Waals surface area contributed by atoms with Crippen molar-refractivity contribution in [3.05, 3.63) is 29.3 Å². The molecule has 3 unspecified atom stereocenters. The number of fused-ring (bicyclic) bond motifs is 1. The molecule has 1 aromatic rings. The van der Waals surface area contributed by atoms with Crippen LogP contribution in [-0.4, -0.2) is 21.8 Å². The van der Waals surface area contributed by atoms with Crippen molar-refractivity contribution < 1.29 is 8.95 Å². The molecule has 0 aliphatic heterocycles. The first kappa shape index (κ1) is 13.6.